The predicted molar refractivity (Wildman–Crippen MR) is 95.3 cm³/mol. The molecule has 2 aromatic carbocycles. The van der Waals surface area contributed by atoms with Crippen LogP contribution < -0.4 is 10.3 Å². The number of fused-ring (bicyclic) bond motifs is 1. The fourth-order valence-corrected chi connectivity index (χ4v) is 2.85. The van der Waals surface area contributed by atoms with Gasteiger partial charge in [-0.1, -0.05) is 29.8 Å². The normalized spacial score (nSPS) is 14.3. The number of amidine groups is 1. The second-order valence-corrected chi connectivity index (χ2v) is 5.93. The molecular weight excluding hydrogens is 310 g/mol. The number of carbonyl (C=O) groups is 1. The monoisotopic (exact) mass is 327 g/mol. The topological polar surface area (TPSA) is 44.7 Å². The number of ketones is 1. The first-order valence-electron chi connectivity index (χ1n) is 7.61. The molecule has 23 heavy (non-hydrogen) atoms. The van der Waals surface area contributed by atoms with E-state index in [2.05, 4.69) is 16.6 Å². The molecule has 4 nitrogen and oxygen atoms in total. The maximum atomic E-state index is 12.1. The number of hydrogen-bond donors (Lipinski definition) is 1. The summed E-state index contributed by atoms with van der Waals surface area (Å²) in [5.74, 6) is 0.357. The summed E-state index contributed by atoms with van der Waals surface area (Å²) in [4.78, 5) is 14.1. The second-order valence-electron chi connectivity index (χ2n) is 5.49. The SMILES string of the molecule is CC(=O)C(=NNc1ccc(Cl)cc1)N1CCCc2ccccc21. The van der Waals surface area contributed by atoms with Crippen LogP contribution in [0.1, 0.15) is 18.9 Å². The van der Waals surface area contributed by atoms with Crippen LogP contribution in [0.5, 0.6) is 0 Å². The smallest absolute Gasteiger partial charge is 0.197 e. The Morgan fingerprint density at radius 2 is 1.91 bits per heavy atom. The number of aryl methyl sites for hydroxylation is 1. The van der Waals surface area contributed by atoms with Gasteiger partial charge in [-0.2, -0.15) is 5.10 Å². The fourth-order valence-electron chi connectivity index (χ4n) is 2.72. The zero-order valence-electron chi connectivity index (χ0n) is 12.9. The molecule has 0 amide bonds. The van der Waals surface area contributed by atoms with Crippen LogP contribution in [-0.4, -0.2) is 18.2 Å². The molecule has 1 N–H and O–H groups in total. The first kappa shape index (κ1) is 15.6. The number of anilines is 2. The van der Waals surface area contributed by atoms with E-state index in [0.29, 0.717) is 10.9 Å². The molecule has 0 aromatic heterocycles. The lowest BCUT2D eigenvalue weighted by Crippen LogP contribution is -2.39. The average Bonchev–Trinajstić information content (AvgIpc) is 2.56. The van der Waals surface area contributed by atoms with E-state index in [1.54, 1.807) is 19.1 Å². The third kappa shape index (κ3) is 3.54. The van der Waals surface area contributed by atoms with Crippen LogP contribution in [0.3, 0.4) is 0 Å². The molecule has 0 atom stereocenters. The lowest BCUT2D eigenvalue weighted by atomic mass is 10.0. The maximum absolute atomic E-state index is 12.1. The van der Waals surface area contributed by atoms with Gasteiger partial charge in [0.25, 0.3) is 0 Å². The summed E-state index contributed by atoms with van der Waals surface area (Å²) in [7, 11) is 0. The molecule has 0 spiro atoms. The number of carbonyl (C=O) groups excluding carboxylic acids is 1. The van der Waals surface area contributed by atoms with E-state index in [0.717, 1.165) is 30.8 Å². The summed E-state index contributed by atoms with van der Waals surface area (Å²) in [6.45, 7) is 2.33. The van der Waals surface area contributed by atoms with E-state index in [9.17, 15) is 4.79 Å². The maximum Gasteiger partial charge on any atom is 0.197 e. The second kappa shape index (κ2) is 6.84. The molecule has 0 saturated heterocycles. The molecule has 2 aromatic rings. The van der Waals surface area contributed by atoms with Crippen LogP contribution in [0.25, 0.3) is 0 Å². The number of hydrogen-bond acceptors (Lipinski definition) is 3. The van der Waals surface area contributed by atoms with Crippen LogP contribution in [0.4, 0.5) is 11.4 Å². The van der Waals surface area contributed by atoms with Crippen LogP contribution in [-0.2, 0) is 11.2 Å². The summed E-state index contributed by atoms with van der Waals surface area (Å²) >= 11 is 5.88. The van der Waals surface area contributed by atoms with Gasteiger partial charge in [0, 0.05) is 24.2 Å². The van der Waals surface area contributed by atoms with E-state index < -0.39 is 0 Å². The number of rotatable bonds is 3. The van der Waals surface area contributed by atoms with Gasteiger partial charge in [-0.3, -0.25) is 10.2 Å². The number of nitrogens with one attached hydrogen (secondary N) is 1. The van der Waals surface area contributed by atoms with Gasteiger partial charge in [-0.15, -0.1) is 0 Å². The van der Waals surface area contributed by atoms with Crippen molar-refractivity contribution < 1.29 is 4.79 Å². The molecule has 1 aliphatic heterocycles. The number of Topliss-reactive ketones (excluding diaryl/α,β-unsaturated/α-hetero) is 1. The highest BCUT2D eigenvalue weighted by Gasteiger charge is 2.23. The summed E-state index contributed by atoms with van der Waals surface area (Å²) < 4.78 is 0. The minimum atomic E-state index is -0.0665. The molecule has 5 heteroatoms. The van der Waals surface area contributed by atoms with Crippen molar-refractivity contribution in [1.29, 1.82) is 0 Å². The van der Waals surface area contributed by atoms with Crippen LogP contribution >= 0.6 is 11.6 Å². The Hall–Kier alpha value is -2.33. The average molecular weight is 328 g/mol. The van der Waals surface area contributed by atoms with E-state index in [1.165, 1.54) is 5.56 Å². The summed E-state index contributed by atoms with van der Waals surface area (Å²) in [5.41, 5.74) is 6.05. The van der Waals surface area contributed by atoms with E-state index in [1.807, 2.05) is 35.2 Å². The van der Waals surface area contributed by atoms with Gasteiger partial charge in [0.1, 0.15) is 0 Å². The molecule has 0 unspecified atom stereocenters. The Balaban J connectivity index is 1.89. The Kier molecular flexibility index (Phi) is 4.63. The zero-order chi connectivity index (χ0) is 16.2. The van der Waals surface area contributed by atoms with E-state index in [4.69, 9.17) is 11.6 Å². The van der Waals surface area contributed by atoms with Crippen molar-refractivity contribution in [2.45, 2.75) is 19.8 Å². The highest BCUT2D eigenvalue weighted by molar-refractivity contribution is 6.43. The number of nitrogens with zero attached hydrogens (tertiary/aromatic N) is 2. The predicted octanol–water partition coefficient (Wildman–Crippen LogP) is 4.11. The molecule has 0 radical (unpaired) electrons. The fraction of sp³-hybridized carbons (Fsp3) is 0.222. The Bertz CT molecular complexity index is 740. The van der Waals surface area contributed by atoms with Gasteiger partial charge in [0.2, 0.25) is 0 Å². The van der Waals surface area contributed by atoms with Crippen LogP contribution in [0.15, 0.2) is 53.6 Å². The van der Waals surface area contributed by atoms with Gasteiger partial charge < -0.3 is 4.90 Å². The molecule has 1 heterocycles. The van der Waals surface area contributed by atoms with Crippen molar-refractivity contribution in [3.05, 3.63) is 59.1 Å². The highest BCUT2D eigenvalue weighted by atomic mass is 35.5. The third-order valence-electron chi connectivity index (χ3n) is 3.82. The Morgan fingerprint density at radius 1 is 1.17 bits per heavy atom. The third-order valence-corrected chi connectivity index (χ3v) is 4.07. The van der Waals surface area contributed by atoms with Crippen molar-refractivity contribution >= 4 is 34.6 Å². The first-order valence-corrected chi connectivity index (χ1v) is 7.98. The Labute approximate surface area is 140 Å². The zero-order valence-corrected chi connectivity index (χ0v) is 13.7. The van der Waals surface area contributed by atoms with Crippen molar-refractivity contribution in [3.8, 4) is 0 Å². The summed E-state index contributed by atoms with van der Waals surface area (Å²) in [5, 5.41) is 5.01. The van der Waals surface area contributed by atoms with Crippen LogP contribution in [0, 0.1) is 0 Å². The van der Waals surface area contributed by atoms with Crippen molar-refractivity contribution in [3.63, 3.8) is 0 Å². The lowest BCUT2D eigenvalue weighted by molar-refractivity contribution is -0.111. The van der Waals surface area contributed by atoms with Crippen molar-refractivity contribution in [1.82, 2.24) is 0 Å². The Morgan fingerprint density at radius 3 is 2.65 bits per heavy atom. The number of hydrazone groups is 1. The molecule has 0 fully saturated rings. The molecule has 0 bridgehead atoms. The van der Waals surface area contributed by atoms with Gasteiger partial charge in [-0.25, -0.2) is 0 Å². The van der Waals surface area contributed by atoms with Crippen molar-refractivity contribution in [2.75, 3.05) is 16.9 Å². The van der Waals surface area contributed by atoms with Gasteiger partial charge in [0.05, 0.1) is 5.69 Å². The van der Waals surface area contributed by atoms with Gasteiger partial charge >= 0.3 is 0 Å². The standard InChI is InChI=1S/C18H18ClN3O/c1-13(23)18(21-20-16-10-8-15(19)9-11-16)22-12-4-6-14-5-2-3-7-17(14)22/h2-3,5,7-11,20H,4,6,12H2,1H3. The van der Waals surface area contributed by atoms with Crippen molar-refractivity contribution in [2.24, 2.45) is 5.10 Å². The minimum Gasteiger partial charge on any atom is -0.322 e. The van der Waals surface area contributed by atoms with Gasteiger partial charge in [0.15, 0.2) is 11.6 Å². The van der Waals surface area contributed by atoms with E-state index >= 15 is 0 Å². The first-order chi connectivity index (χ1) is 11.1. The largest absolute Gasteiger partial charge is 0.322 e. The van der Waals surface area contributed by atoms with E-state index in [-0.39, 0.29) is 5.78 Å². The quantitative estimate of drug-likeness (QED) is 0.524. The van der Waals surface area contributed by atoms with Crippen LogP contribution in [0.2, 0.25) is 5.02 Å². The summed E-state index contributed by atoms with van der Waals surface area (Å²) in [6, 6.07) is 15.4. The highest BCUT2D eigenvalue weighted by Crippen LogP contribution is 2.27. The lowest BCUT2D eigenvalue weighted by Gasteiger charge is -2.30. The van der Waals surface area contributed by atoms with Gasteiger partial charge in [-0.05, 0) is 48.7 Å². The summed E-state index contributed by atoms with van der Waals surface area (Å²) in [6.07, 6.45) is 2.03. The number of halogens is 1. The molecule has 0 saturated carbocycles. The number of para-hydroxylation sites is 1. The molecular formula is C18H18ClN3O. The number of benzene rings is 2. The molecule has 118 valence electrons. The molecule has 3 rings (SSSR count). The molecule has 0 aliphatic carbocycles. The molecule has 1 aliphatic rings. The minimum absolute atomic E-state index is 0.0665.